The molecule has 0 atom stereocenters. The Morgan fingerprint density at radius 2 is 0.967 bits per heavy atom. The largest absolute Gasteiger partial charge is 0.466 e. The van der Waals surface area contributed by atoms with Gasteiger partial charge in [0.1, 0.15) is 0 Å². The van der Waals surface area contributed by atoms with Gasteiger partial charge in [-0.15, -0.1) is 0 Å². The third kappa shape index (κ3) is 23.2. The first-order valence-corrected chi connectivity index (χ1v) is 12.9. The van der Waals surface area contributed by atoms with Gasteiger partial charge in [0, 0.05) is 12.8 Å². The van der Waals surface area contributed by atoms with E-state index < -0.39 is 0 Å². The van der Waals surface area contributed by atoms with Gasteiger partial charge in [0.25, 0.3) is 0 Å². The standard InChI is InChI=1S/C26H50O4/c1-4-5-6-7-8-9-10-11-12-13-14-15-16-17-18-19-23-29-25(27)21-20-22-26(28)30-24(2)3/h24H,4-23H2,1-3H3. The molecule has 0 heterocycles. The van der Waals surface area contributed by atoms with Gasteiger partial charge in [-0.3, -0.25) is 9.59 Å². The Labute approximate surface area is 186 Å². The van der Waals surface area contributed by atoms with E-state index in [1.54, 1.807) is 0 Å². The van der Waals surface area contributed by atoms with Gasteiger partial charge in [-0.05, 0) is 26.7 Å². The van der Waals surface area contributed by atoms with E-state index in [9.17, 15) is 9.59 Å². The molecule has 0 unspecified atom stereocenters. The number of ether oxygens (including phenoxy) is 2. The third-order valence-corrected chi connectivity index (χ3v) is 5.39. The van der Waals surface area contributed by atoms with Crippen LogP contribution in [-0.2, 0) is 19.1 Å². The molecule has 4 nitrogen and oxygen atoms in total. The predicted octanol–water partition coefficient (Wildman–Crippen LogP) is 7.91. The second kappa shape index (κ2) is 22.6. The number of hydrogen-bond acceptors (Lipinski definition) is 4. The van der Waals surface area contributed by atoms with Gasteiger partial charge in [-0.1, -0.05) is 103 Å². The van der Waals surface area contributed by atoms with Crippen LogP contribution in [0.4, 0.5) is 0 Å². The van der Waals surface area contributed by atoms with E-state index >= 15 is 0 Å². The summed E-state index contributed by atoms with van der Waals surface area (Å²) in [5.74, 6) is -0.441. The number of rotatable bonds is 22. The van der Waals surface area contributed by atoms with E-state index in [1.165, 1.54) is 89.9 Å². The molecule has 4 heteroatoms. The Morgan fingerprint density at radius 3 is 1.40 bits per heavy atom. The Bertz CT molecular complexity index is 392. The molecular weight excluding hydrogens is 376 g/mol. The van der Waals surface area contributed by atoms with E-state index in [4.69, 9.17) is 9.47 Å². The molecular formula is C26H50O4. The van der Waals surface area contributed by atoms with Crippen molar-refractivity contribution in [2.75, 3.05) is 6.61 Å². The van der Waals surface area contributed by atoms with Crippen LogP contribution in [0.25, 0.3) is 0 Å². The fourth-order valence-corrected chi connectivity index (χ4v) is 3.61. The first-order valence-electron chi connectivity index (χ1n) is 12.9. The first-order chi connectivity index (χ1) is 14.6. The number of unbranched alkanes of at least 4 members (excludes halogenated alkanes) is 15. The van der Waals surface area contributed by atoms with Crippen molar-refractivity contribution in [2.24, 2.45) is 0 Å². The average Bonchev–Trinajstić information content (AvgIpc) is 2.69. The van der Waals surface area contributed by atoms with Crippen LogP contribution in [0, 0.1) is 0 Å². The minimum atomic E-state index is -0.240. The van der Waals surface area contributed by atoms with E-state index in [0.29, 0.717) is 19.4 Å². The van der Waals surface area contributed by atoms with Crippen LogP contribution in [0.5, 0.6) is 0 Å². The zero-order valence-corrected chi connectivity index (χ0v) is 20.4. The summed E-state index contributed by atoms with van der Waals surface area (Å²) in [5.41, 5.74) is 0. The summed E-state index contributed by atoms with van der Waals surface area (Å²) in [5, 5.41) is 0. The van der Waals surface area contributed by atoms with Crippen molar-refractivity contribution in [3.8, 4) is 0 Å². The Balaban J connectivity index is 3.20. The number of carbonyl (C=O) groups is 2. The lowest BCUT2D eigenvalue weighted by molar-refractivity contribution is -0.148. The predicted molar refractivity (Wildman–Crippen MR) is 126 cm³/mol. The fourth-order valence-electron chi connectivity index (χ4n) is 3.61. The molecule has 0 saturated carbocycles. The van der Waals surface area contributed by atoms with Crippen LogP contribution in [0.2, 0.25) is 0 Å². The molecule has 0 aliphatic heterocycles. The highest BCUT2D eigenvalue weighted by molar-refractivity contribution is 5.72. The summed E-state index contributed by atoms with van der Waals surface area (Å²) in [6.45, 7) is 6.43. The summed E-state index contributed by atoms with van der Waals surface area (Å²) in [4.78, 5) is 23.0. The Hall–Kier alpha value is -1.06. The Kier molecular flexibility index (Phi) is 21.8. The van der Waals surface area contributed by atoms with Gasteiger partial charge >= 0.3 is 11.9 Å². The summed E-state index contributed by atoms with van der Waals surface area (Å²) in [7, 11) is 0. The zero-order valence-electron chi connectivity index (χ0n) is 20.4. The molecule has 0 aliphatic carbocycles. The molecule has 0 aromatic rings. The van der Waals surface area contributed by atoms with Gasteiger partial charge < -0.3 is 9.47 Å². The topological polar surface area (TPSA) is 52.6 Å². The Morgan fingerprint density at radius 1 is 0.567 bits per heavy atom. The van der Waals surface area contributed by atoms with E-state index in [2.05, 4.69) is 6.92 Å². The van der Waals surface area contributed by atoms with E-state index in [0.717, 1.165) is 12.8 Å². The monoisotopic (exact) mass is 426 g/mol. The lowest BCUT2D eigenvalue weighted by Gasteiger charge is -2.07. The fraction of sp³-hybridized carbons (Fsp3) is 0.923. The summed E-state index contributed by atoms with van der Waals surface area (Å²) >= 11 is 0. The summed E-state index contributed by atoms with van der Waals surface area (Å²) < 4.78 is 10.3. The molecule has 0 saturated heterocycles. The summed E-state index contributed by atoms with van der Waals surface area (Å²) in [6, 6.07) is 0. The van der Waals surface area contributed by atoms with Crippen molar-refractivity contribution in [2.45, 2.75) is 149 Å². The molecule has 0 fully saturated rings. The van der Waals surface area contributed by atoms with Gasteiger partial charge in [-0.2, -0.15) is 0 Å². The second-order valence-corrected chi connectivity index (χ2v) is 8.92. The van der Waals surface area contributed by atoms with E-state index in [1.807, 2.05) is 13.8 Å². The van der Waals surface area contributed by atoms with Crippen molar-refractivity contribution in [1.29, 1.82) is 0 Å². The SMILES string of the molecule is CCCCCCCCCCCCCCCCCCOC(=O)CCCC(=O)OC(C)C. The molecule has 0 aromatic heterocycles. The van der Waals surface area contributed by atoms with Crippen molar-refractivity contribution in [1.82, 2.24) is 0 Å². The van der Waals surface area contributed by atoms with Gasteiger partial charge in [0.2, 0.25) is 0 Å². The van der Waals surface area contributed by atoms with Crippen molar-refractivity contribution < 1.29 is 19.1 Å². The van der Waals surface area contributed by atoms with Crippen LogP contribution in [0.1, 0.15) is 143 Å². The molecule has 0 spiro atoms. The lowest BCUT2D eigenvalue weighted by Crippen LogP contribution is -2.12. The average molecular weight is 427 g/mol. The van der Waals surface area contributed by atoms with Crippen LogP contribution >= 0.6 is 0 Å². The second-order valence-electron chi connectivity index (χ2n) is 8.92. The smallest absolute Gasteiger partial charge is 0.306 e. The normalized spacial score (nSPS) is 11.1. The first kappa shape index (κ1) is 28.9. The van der Waals surface area contributed by atoms with Gasteiger partial charge in [-0.25, -0.2) is 0 Å². The maximum Gasteiger partial charge on any atom is 0.306 e. The molecule has 0 aliphatic rings. The molecule has 0 rings (SSSR count). The molecule has 0 bridgehead atoms. The molecule has 30 heavy (non-hydrogen) atoms. The lowest BCUT2D eigenvalue weighted by atomic mass is 10.0. The molecule has 0 radical (unpaired) electrons. The van der Waals surface area contributed by atoms with Crippen LogP contribution in [-0.4, -0.2) is 24.6 Å². The highest BCUT2D eigenvalue weighted by atomic mass is 16.5. The van der Waals surface area contributed by atoms with E-state index in [-0.39, 0.29) is 24.5 Å². The maximum absolute atomic E-state index is 11.6. The minimum Gasteiger partial charge on any atom is -0.466 e. The number of carbonyl (C=O) groups excluding carboxylic acids is 2. The van der Waals surface area contributed by atoms with Crippen molar-refractivity contribution in [3.63, 3.8) is 0 Å². The molecule has 178 valence electrons. The van der Waals surface area contributed by atoms with Gasteiger partial charge in [0.15, 0.2) is 0 Å². The molecule has 0 N–H and O–H groups in total. The van der Waals surface area contributed by atoms with Crippen LogP contribution < -0.4 is 0 Å². The highest BCUT2D eigenvalue weighted by Gasteiger charge is 2.08. The van der Waals surface area contributed by atoms with Crippen molar-refractivity contribution >= 4 is 11.9 Å². The molecule has 0 aromatic carbocycles. The maximum atomic E-state index is 11.6. The van der Waals surface area contributed by atoms with Gasteiger partial charge in [0.05, 0.1) is 12.7 Å². The number of hydrogen-bond donors (Lipinski definition) is 0. The van der Waals surface area contributed by atoms with Crippen molar-refractivity contribution in [3.05, 3.63) is 0 Å². The number of esters is 2. The van der Waals surface area contributed by atoms with Crippen LogP contribution in [0.3, 0.4) is 0 Å². The zero-order chi connectivity index (χ0) is 22.3. The minimum absolute atomic E-state index is 0.0978. The van der Waals surface area contributed by atoms with Crippen LogP contribution in [0.15, 0.2) is 0 Å². The molecule has 0 amide bonds. The summed E-state index contributed by atoms with van der Waals surface area (Å²) in [6.07, 6.45) is 22.4. The third-order valence-electron chi connectivity index (χ3n) is 5.39. The quantitative estimate of drug-likeness (QED) is 0.130. The highest BCUT2D eigenvalue weighted by Crippen LogP contribution is 2.13.